The van der Waals surface area contributed by atoms with Crippen molar-refractivity contribution < 1.29 is 27.8 Å². The highest BCUT2D eigenvalue weighted by molar-refractivity contribution is 5.74. The fraction of sp³-hybridized carbons (Fsp3) is 0.500. The second-order valence-corrected chi connectivity index (χ2v) is 4.75. The van der Waals surface area contributed by atoms with E-state index in [1.165, 1.54) is 17.0 Å². The molecule has 0 aliphatic carbocycles. The van der Waals surface area contributed by atoms with E-state index in [1.54, 1.807) is 14.0 Å². The van der Waals surface area contributed by atoms with Gasteiger partial charge in [0.25, 0.3) is 0 Å². The van der Waals surface area contributed by atoms with Crippen molar-refractivity contribution in [1.82, 2.24) is 10.2 Å². The highest BCUT2D eigenvalue weighted by Gasteiger charge is 2.29. The van der Waals surface area contributed by atoms with Gasteiger partial charge in [0, 0.05) is 7.05 Å². The van der Waals surface area contributed by atoms with Gasteiger partial charge in [-0.3, -0.25) is 0 Å². The van der Waals surface area contributed by atoms with Crippen molar-refractivity contribution in [3.63, 3.8) is 0 Å². The van der Waals surface area contributed by atoms with E-state index in [0.717, 1.165) is 12.1 Å². The molecule has 22 heavy (non-hydrogen) atoms. The van der Waals surface area contributed by atoms with Crippen LogP contribution in [0.1, 0.15) is 12.5 Å². The summed E-state index contributed by atoms with van der Waals surface area (Å²) in [6, 6.07) is 3.65. The number of alkyl halides is 3. The number of nitrogens with one attached hydrogen (secondary N) is 1. The summed E-state index contributed by atoms with van der Waals surface area (Å²) in [7, 11) is 1.55. The third kappa shape index (κ3) is 5.44. The molecule has 2 N–H and O–H groups in total. The average molecular weight is 320 g/mol. The summed E-state index contributed by atoms with van der Waals surface area (Å²) in [4.78, 5) is 13.0. The summed E-state index contributed by atoms with van der Waals surface area (Å²) >= 11 is 0. The van der Waals surface area contributed by atoms with Crippen molar-refractivity contribution in [1.29, 1.82) is 0 Å². The number of halogens is 3. The maximum atomic E-state index is 12.4. The highest BCUT2D eigenvalue weighted by atomic mass is 19.4. The van der Waals surface area contributed by atoms with E-state index >= 15 is 0 Å². The van der Waals surface area contributed by atoms with Crippen LogP contribution in [0.25, 0.3) is 0 Å². The third-order valence-electron chi connectivity index (χ3n) is 3.07. The SMILES string of the molecule is CC(CO)N(C)C(=O)NCCOc1ccc(C(F)(F)F)cc1. The molecule has 2 amide bonds. The van der Waals surface area contributed by atoms with Crippen LogP contribution in [0.3, 0.4) is 0 Å². The van der Waals surface area contributed by atoms with E-state index in [0.29, 0.717) is 5.75 Å². The van der Waals surface area contributed by atoms with E-state index in [-0.39, 0.29) is 31.8 Å². The van der Waals surface area contributed by atoms with Gasteiger partial charge in [-0.25, -0.2) is 4.79 Å². The normalized spacial score (nSPS) is 12.6. The highest BCUT2D eigenvalue weighted by Crippen LogP contribution is 2.30. The number of amides is 2. The maximum Gasteiger partial charge on any atom is 0.416 e. The summed E-state index contributed by atoms with van der Waals surface area (Å²) < 4.78 is 42.4. The zero-order valence-corrected chi connectivity index (χ0v) is 12.4. The van der Waals surface area contributed by atoms with Crippen LogP contribution in [-0.4, -0.2) is 48.9 Å². The molecular formula is C14H19F3N2O3. The van der Waals surface area contributed by atoms with Crippen molar-refractivity contribution >= 4 is 6.03 Å². The lowest BCUT2D eigenvalue weighted by Crippen LogP contribution is -2.44. The van der Waals surface area contributed by atoms with Crippen LogP contribution >= 0.6 is 0 Å². The molecule has 1 unspecified atom stereocenters. The summed E-state index contributed by atoms with van der Waals surface area (Å²) in [6.07, 6.45) is -4.37. The Morgan fingerprint density at radius 1 is 1.36 bits per heavy atom. The van der Waals surface area contributed by atoms with Crippen molar-refractivity contribution in [2.75, 3.05) is 26.8 Å². The van der Waals surface area contributed by atoms with Gasteiger partial charge >= 0.3 is 12.2 Å². The van der Waals surface area contributed by atoms with Crippen molar-refractivity contribution in [2.24, 2.45) is 0 Å². The van der Waals surface area contributed by atoms with Gasteiger partial charge in [-0.2, -0.15) is 13.2 Å². The van der Waals surface area contributed by atoms with E-state index in [2.05, 4.69) is 5.32 Å². The van der Waals surface area contributed by atoms with Gasteiger partial charge in [0.15, 0.2) is 0 Å². The van der Waals surface area contributed by atoms with Crippen LogP contribution in [0.5, 0.6) is 5.75 Å². The first kappa shape index (κ1) is 18.1. The third-order valence-corrected chi connectivity index (χ3v) is 3.07. The quantitative estimate of drug-likeness (QED) is 0.789. The van der Waals surface area contributed by atoms with Gasteiger partial charge in [0.2, 0.25) is 0 Å². The lowest BCUT2D eigenvalue weighted by molar-refractivity contribution is -0.137. The number of rotatable bonds is 6. The first-order valence-corrected chi connectivity index (χ1v) is 6.67. The largest absolute Gasteiger partial charge is 0.492 e. The zero-order chi connectivity index (χ0) is 16.8. The summed E-state index contributed by atoms with van der Waals surface area (Å²) in [6.45, 7) is 1.87. The number of hydrogen-bond acceptors (Lipinski definition) is 3. The maximum absolute atomic E-state index is 12.4. The minimum absolute atomic E-state index is 0.123. The monoisotopic (exact) mass is 320 g/mol. The Bertz CT molecular complexity index is 477. The van der Waals surface area contributed by atoms with Crippen LogP contribution < -0.4 is 10.1 Å². The molecule has 1 atom stereocenters. The molecular weight excluding hydrogens is 301 g/mol. The van der Waals surface area contributed by atoms with Gasteiger partial charge in [-0.1, -0.05) is 0 Å². The molecule has 124 valence electrons. The van der Waals surface area contributed by atoms with Gasteiger partial charge in [-0.05, 0) is 31.2 Å². The number of aliphatic hydroxyl groups is 1. The Hall–Kier alpha value is -1.96. The molecule has 1 rings (SSSR count). The Kier molecular flexibility index (Phi) is 6.48. The van der Waals surface area contributed by atoms with E-state index < -0.39 is 11.7 Å². The van der Waals surface area contributed by atoms with Crippen LogP contribution in [-0.2, 0) is 6.18 Å². The molecule has 0 heterocycles. The molecule has 0 saturated heterocycles. The summed E-state index contributed by atoms with van der Waals surface area (Å²) in [5.74, 6) is 0.291. The number of carbonyl (C=O) groups excluding carboxylic acids is 1. The van der Waals surface area contributed by atoms with Crippen LogP contribution in [0.15, 0.2) is 24.3 Å². The Morgan fingerprint density at radius 3 is 2.45 bits per heavy atom. The van der Waals surface area contributed by atoms with Crippen LogP contribution in [0.2, 0.25) is 0 Å². The molecule has 5 nitrogen and oxygen atoms in total. The number of aliphatic hydroxyl groups excluding tert-OH is 1. The summed E-state index contributed by atoms with van der Waals surface area (Å²) in [5, 5.41) is 11.5. The molecule has 0 aromatic heterocycles. The topological polar surface area (TPSA) is 61.8 Å². The average Bonchev–Trinajstić information content (AvgIpc) is 2.49. The molecule has 0 fully saturated rings. The Balaban J connectivity index is 2.34. The second-order valence-electron chi connectivity index (χ2n) is 4.75. The molecule has 1 aromatic rings. The summed E-state index contributed by atoms with van der Waals surface area (Å²) in [5.41, 5.74) is -0.743. The predicted molar refractivity (Wildman–Crippen MR) is 74.6 cm³/mol. The number of nitrogens with zero attached hydrogens (tertiary/aromatic N) is 1. The van der Waals surface area contributed by atoms with Crippen LogP contribution in [0.4, 0.5) is 18.0 Å². The van der Waals surface area contributed by atoms with Crippen molar-refractivity contribution in [2.45, 2.75) is 19.1 Å². The second kappa shape index (κ2) is 7.88. The number of hydrogen-bond donors (Lipinski definition) is 2. The van der Waals surface area contributed by atoms with E-state index in [9.17, 15) is 18.0 Å². The molecule has 0 aliphatic rings. The van der Waals surface area contributed by atoms with Gasteiger partial charge < -0.3 is 20.1 Å². The first-order valence-electron chi connectivity index (χ1n) is 6.67. The number of benzene rings is 1. The molecule has 0 radical (unpaired) electrons. The molecule has 0 bridgehead atoms. The van der Waals surface area contributed by atoms with E-state index in [1.807, 2.05) is 0 Å². The first-order chi connectivity index (χ1) is 10.3. The lowest BCUT2D eigenvalue weighted by Gasteiger charge is -2.23. The minimum Gasteiger partial charge on any atom is -0.492 e. The van der Waals surface area contributed by atoms with Crippen molar-refractivity contribution in [3.8, 4) is 5.75 Å². The number of ether oxygens (including phenoxy) is 1. The molecule has 0 spiro atoms. The predicted octanol–water partition coefficient (Wildman–Crippen LogP) is 2.11. The molecule has 1 aromatic carbocycles. The Labute approximate surface area is 126 Å². The molecule has 0 saturated carbocycles. The zero-order valence-electron chi connectivity index (χ0n) is 12.4. The van der Waals surface area contributed by atoms with E-state index in [4.69, 9.17) is 9.84 Å². The fourth-order valence-electron chi connectivity index (χ4n) is 1.51. The fourth-order valence-corrected chi connectivity index (χ4v) is 1.51. The molecule has 0 aliphatic heterocycles. The number of urea groups is 1. The van der Waals surface area contributed by atoms with Gasteiger partial charge in [0.05, 0.1) is 24.8 Å². The standard InChI is InChI=1S/C14H19F3N2O3/c1-10(9-20)19(2)13(21)18-7-8-22-12-5-3-11(4-6-12)14(15,16)17/h3-6,10,20H,7-9H2,1-2H3,(H,18,21). The molecule has 8 heteroatoms. The smallest absolute Gasteiger partial charge is 0.416 e. The van der Waals surface area contributed by atoms with Crippen molar-refractivity contribution in [3.05, 3.63) is 29.8 Å². The van der Waals surface area contributed by atoms with Gasteiger partial charge in [-0.15, -0.1) is 0 Å². The minimum atomic E-state index is -4.37. The van der Waals surface area contributed by atoms with Gasteiger partial charge in [0.1, 0.15) is 12.4 Å². The number of likely N-dealkylation sites (N-methyl/N-ethyl adjacent to an activating group) is 1. The van der Waals surface area contributed by atoms with Crippen LogP contribution in [0, 0.1) is 0 Å². The Morgan fingerprint density at radius 2 is 1.95 bits per heavy atom. The number of carbonyl (C=O) groups is 1. The lowest BCUT2D eigenvalue weighted by atomic mass is 10.2.